The standard InChI is InChI=1S/C24H41N3O4/c1-8-10-11-12-23(7,26-19(5)6)20(28)16-25-24(21(29)18(3)4)13-14-27(17-24)22(30)31-15-9-2/h8-9,18-19,25-26H,1-2,10-17H2,3-7H3/t23-,24-/m1/s1. The maximum atomic E-state index is 13.3. The highest BCUT2D eigenvalue weighted by Crippen LogP contribution is 2.27. The second-order valence-corrected chi connectivity index (χ2v) is 9.23. The van der Waals surface area contributed by atoms with Crippen molar-refractivity contribution in [2.24, 2.45) is 5.92 Å². The van der Waals surface area contributed by atoms with Gasteiger partial charge in [0.05, 0.1) is 17.6 Å². The molecule has 1 rings (SSSR count). The smallest absolute Gasteiger partial charge is 0.410 e. The summed E-state index contributed by atoms with van der Waals surface area (Å²) in [6.07, 6.45) is 5.72. The van der Waals surface area contributed by atoms with Gasteiger partial charge in [0.1, 0.15) is 6.61 Å². The van der Waals surface area contributed by atoms with Crippen molar-refractivity contribution in [1.29, 1.82) is 0 Å². The lowest BCUT2D eigenvalue weighted by Crippen LogP contribution is -2.61. The number of carbonyl (C=O) groups excluding carboxylic acids is 3. The topological polar surface area (TPSA) is 87.7 Å². The van der Waals surface area contributed by atoms with Crippen molar-refractivity contribution in [2.45, 2.75) is 77.4 Å². The minimum atomic E-state index is -0.948. The molecule has 2 atom stereocenters. The highest BCUT2D eigenvalue weighted by atomic mass is 16.6. The predicted molar refractivity (Wildman–Crippen MR) is 124 cm³/mol. The zero-order chi connectivity index (χ0) is 23.7. The Kier molecular flexibility index (Phi) is 10.6. The van der Waals surface area contributed by atoms with E-state index in [1.807, 2.05) is 40.7 Å². The van der Waals surface area contributed by atoms with Crippen LogP contribution in [0.1, 0.15) is 60.3 Å². The molecule has 7 heteroatoms. The lowest BCUT2D eigenvalue weighted by atomic mass is 9.84. The summed E-state index contributed by atoms with van der Waals surface area (Å²) < 4.78 is 5.13. The number of rotatable bonds is 14. The lowest BCUT2D eigenvalue weighted by Gasteiger charge is -2.35. The SMILES string of the molecule is C=CCCC[C@@](C)(NC(C)C)C(=O)CN[C@]1(C(=O)C(C)C)CCN(C(=O)OCC=C)C1. The molecule has 0 spiro atoms. The zero-order valence-electron chi connectivity index (χ0n) is 20.0. The third kappa shape index (κ3) is 7.58. The first-order valence-corrected chi connectivity index (χ1v) is 11.2. The van der Waals surface area contributed by atoms with Gasteiger partial charge in [0, 0.05) is 25.0 Å². The minimum Gasteiger partial charge on any atom is -0.445 e. The number of Topliss-reactive ketones (excluding diaryl/α,β-unsaturated/α-hetero) is 2. The number of nitrogens with zero attached hydrogens (tertiary/aromatic N) is 1. The number of nitrogens with one attached hydrogen (secondary N) is 2. The molecule has 1 saturated heterocycles. The molecule has 0 radical (unpaired) electrons. The maximum Gasteiger partial charge on any atom is 0.410 e. The Morgan fingerprint density at radius 1 is 1.19 bits per heavy atom. The fourth-order valence-corrected chi connectivity index (χ4v) is 4.15. The van der Waals surface area contributed by atoms with E-state index in [1.54, 1.807) is 0 Å². The van der Waals surface area contributed by atoms with E-state index in [2.05, 4.69) is 23.8 Å². The van der Waals surface area contributed by atoms with E-state index in [-0.39, 0.29) is 43.2 Å². The van der Waals surface area contributed by atoms with Crippen molar-refractivity contribution in [3.63, 3.8) is 0 Å². The van der Waals surface area contributed by atoms with Gasteiger partial charge >= 0.3 is 6.09 Å². The van der Waals surface area contributed by atoms with Gasteiger partial charge in [-0.1, -0.05) is 32.6 Å². The van der Waals surface area contributed by atoms with Crippen molar-refractivity contribution >= 4 is 17.7 Å². The molecule has 1 amide bonds. The first-order valence-electron chi connectivity index (χ1n) is 11.2. The van der Waals surface area contributed by atoms with Crippen LogP contribution in [-0.4, -0.2) is 65.9 Å². The van der Waals surface area contributed by atoms with Crippen molar-refractivity contribution < 1.29 is 19.1 Å². The Morgan fingerprint density at radius 3 is 2.42 bits per heavy atom. The molecule has 0 unspecified atom stereocenters. The van der Waals surface area contributed by atoms with Gasteiger partial charge < -0.3 is 15.0 Å². The molecule has 0 aromatic heterocycles. The normalized spacial score (nSPS) is 20.5. The monoisotopic (exact) mass is 435 g/mol. The second kappa shape index (κ2) is 12.2. The van der Waals surface area contributed by atoms with Gasteiger partial charge in [-0.15, -0.1) is 6.58 Å². The fourth-order valence-electron chi connectivity index (χ4n) is 4.15. The number of carbonyl (C=O) groups is 3. The molecular formula is C24H41N3O4. The third-order valence-corrected chi connectivity index (χ3v) is 5.74. The number of hydrogen-bond donors (Lipinski definition) is 2. The largest absolute Gasteiger partial charge is 0.445 e. The number of hydrogen-bond acceptors (Lipinski definition) is 6. The van der Waals surface area contributed by atoms with Gasteiger partial charge in [0.15, 0.2) is 11.6 Å². The van der Waals surface area contributed by atoms with E-state index >= 15 is 0 Å². The van der Waals surface area contributed by atoms with Gasteiger partial charge in [0.25, 0.3) is 0 Å². The van der Waals surface area contributed by atoms with E-state index in [4.69, 9.17) is 4.74 Å². The summed E-state index contributed by atoms with van der Waals surface area (Å²) >= 11 is 0. The summed E-state index contributed by atoms with van der Waals surface area (Å²) in [6.45, 7) is 17.7. The van der Waals surface area contributed by atoms with Crippen molar-refractivity contribution in [1.82, 2.24) is 15.5 Å². The Morgan fingerprint density at radius 2 is 1.87 bits per heavy atom. The van der Waals surface area contributed by atoms with Crippen LogP contribution in [0.3, 0.4) is 0 Å². The Balaban J connectivity index is 2.96. The highest BCUT2D eigenvalue weighted by molar-refractivity contribution is 5.94. The Bertz CT molecular complexity index is 661. The van der Waals surface area contributed by atoms with Crippen LogP contribution >= 0.6 is 0 Å². The highest BCUT2D eigenvalue weighted by Gasteiger charge is 2.47. The van der Waals surface area contributed by atoms with Gasteiger partial charge in [-0.3, -0.25) is 14.9 Å². The molecule has 1 aliphatic heterocycles. The summed E-state index contributed by atoms with van der Waals surface area (Å²) in [4.78, 5) is 40.2. The van der Waals surface area contributed by atoms with E-state index < -0.39 is 17.2 Å². The number of likely N-dealkylation sites (tertiary alicyclic amines) is 1. The van der Waals surface area contributed by atoms with Crippen LogP contribution in [0, 0.1) is 5.92 Å². The van der Waals surface area contributed by atoms with E-state index in [0.717, 1.165) is 12.8 Å². The van der Waals surface area contributed by atoms with Gasteiger partial charge in [-0.05, 0) is 46.5 Å². The van der Waals surface area contributed by atoms with Crippen molar-refractivity contribution in [3.8, 4) is 0 Å². The van der Waals surface area contributed by atoms with E-state index in [0.29, 0.717) is 19.4 Å². The van der Waals surface area contributed by atoms with E-state index in [1.165, 1.54) is 11.0 Å². The average Bonchev–Trinajstić information content (AvgIpc) is 3.14. The Hall–Kier alpha value is -1.99. The van der Waals surface area contributed by atoms with Gasteiger partial charge in [-0.25, -0.2) is 4.79 Å². The van der Waals surface area contributed by atoms with Crippen LogP contribution < -0.4 is 10.6 Å². The summed E-state index contributed by atoms with van der Waals surface area (Å²) in [5.41, 5.74) is -1.65. The molecule has 1 aliphatic rings. The summed E-state index contributed by atoms with van der Waals surface area (Å²) in [5.74, 6) is -0.210. The molecule has 31 heavy (non-hydrogen) atoms. The number of ketones is 2. The van der Waals surface area contributed by atoms with Crippen LogP contribution in [0.15, 0.2) is 25.3 Å². The number of allylic oxidation sites excluding steroid dienone is 1. The van der Waals surface area contributed by atoms with Crippen LogP contribution in [0.4, 0.5) is 4.79 Å². The van der Waals surface area contributed by atoms with Crippen LogP contribution in [0.2, 0.25) is 0 Å². The molecule has 0 aromatic carbocycles. The molecule has 0 aliphatic carbocycles. The Labute approximate surface area is 187 Å². The molecular weight excluding hydrogens is 394 g/mol. The lowest BCUT2D eigenvalue weighted by molar-refractivity contribution is -0.129. The second-order valence-electron chi connectivity index (χ2n) is 9.23. The van der Waals surface area contributed by atoms with Crippen LogP contribution in [0.25, 0.3) is 0 Å². The molecule has 1 fully saturated rings. The molecule has 7 nitrogen and oxygen atoms in total. The molecule has 176 valence electrons. The van der Waals surface area contributed by atoms with Crippen molar-refractivity contribution in [2.75, 3.05) is 26.2 Å². The number of amides is 1. The average molecular weight is 436 g/mol. The van der Waals surface area contributed by atoms with Crippen molar-refractivity contribution in [3.05, 3.63) is 25.3 Å². The first-order chi connectivity index (χ1) is 14.5. The number of unbranched alkanes of at least 4 members (excludes halogenated alkanes) is 1. The molecule has 1 heterocycles. The predicted octanol–water partition coefficient (Wildman–Crippen LogP) is 3.25. The zero-order valence-corrected chi connectivity index (χ0v) is 20.0. The quantitative estimate of drug-likeness (QED) is 0.322. The maximum absolute atomic E-state index is 13.3. The van der Waals surface area contributed by atoms with Gasteiger partial charge in [0.2, 0.25) is 0 Å². The molecule has 0 bridgehead atoms. The summed E-state index contributed by atoms with van der Waals surface area (Å²) in [6, 6.07) is 0.144. The van der Waals surface area contributed by atoms with Crippen LogP contribution in [-0.2, 0) is 14.3 Å². The third-order valence-electron chi connectivity index (χ3n) is 5.74. The van der Waals surface area contributed by atoms with Crippen LogP contribution in [0.5, 0.6) is 0 Å². The summed E-state index contributed by atoms with van der Waals surface area (Å²) in [7, 11) is 0. The minimum absolute atomic E-state index is 0.00417. The molecule has 2 N–H and O–H groups in total. The molecule has 0 saturated carbocycles. The fraction of sp³-hybridized carbons (Fsp3) is 0.708. The summed E-state index contributed by atoms with van der Waals surface area (Å²) in [5, 5.41) is 6.66. The van der Waals surface area contributed by atoms with E-state index in [9.17, 15) is 14.4 Å². The molecule has 0 aromatic rings. The first kappa shape index (κ1) is 27.0. The number of ether oxygens (including phenoxy) is 1. The van der Waals surface area contributed by atoms with Gasteiger partial charge in [-0.2, -0.15) is 0 Å².